The molecule has 0 aliphatic carbocycles. The molecule has 0 spiro atoms. The Morgan fingerprint density at radius 1 is 0.293 bits per heavy atom. The van der Waals surface area contributed by atoms with Gasteiger partial charge >= 0.3 is 20.1 Å². The van der Waals surface area contributed by atoms with E-state index in [1.165, 1.54) is 106 Å². The number of para-hydroxylation sites is 1. The summed E-state index contributed by atoms with van der Waals surface area (Å²) in [5, 5.41) is 20.3. The van der Waals surface area contributed by atoms with Gasteiger partial charge in [-0.1, -0.05) is 209 Å². The van der Waals surface area contributed by atoms with Crippen molar-refractivity contribution in [3.05, 3.63) is 506 Å². The maximum absolute atomic E-state index is 10.0. The first-order valence-corrected chi connectivity index (χ1v) is 44.3. The van der Waals surface area contributed by atoms with E-state index < -0.39 is 0 Å². The molecule has 20 aromatic rings. The van der Waals surface area contributed by atoms with Crippen LogP contribution in [0, 0.1) is 104 Å². The maximum atomic E-state index is 10.0. The summed E-state index contributed by atoms with van der Waals surface area (Å²) in [4.78, 5) is 46.8. The molecule has 0 aliphatic rings. The minimum Gasteiger partial charge on any atom is -0.512 e. The zero-order valence-corrected chi connectivity index (χ0v) is 91.5. The van der Waals surface area contributed by atoms with Gasteiger partial charge in [0.05, 0.1) is 17.0 Å². The molecule has 710 valence electrons. The van der Waals surface area contributed by atoms with Crippen molar-refractivity contribution in [2.45, 2.75) is 83.1 Å². The molecule has 140 heavy (non-hydrogen) atoms. The van der Waals surface area contributed by atoms with Gasteiger partial charge in [0.15, 0.2) is 11.6 Å². The van der Waals surface area contributed by atoms with Crippen LogP contribution in [0.3, 0.4) is 0 Å². The number of aryl methyl sites for hydroxylation is 8. The van der Waals surface area contributed by atoms with E-state index in [4.69, 9.17) is 19.6 Å². The van der Waals surface area contributed by atoms with Crippen molar-refractivity contribution in [2.24, 2.45) is 0 Å². The molecule has 16 heteroatoms. The Labute approximate surface area is 891 Å². The molecule has 20 rings (SSSR count). The van der Waals surface area contributed by atoms with Crippen LogP contribution in [0.5, 0.6) is 0 Å². The Balaban J connectivity index is 0.000000217. The molecule has 0 atom stereocenters. The van der Waals surface area contributed by atoms with Crippen LogP contribution in [0.1, 0.15) is 72.2 Å². The van der Waals surface area contributed by atoms with Gasteiger partial charge in [-0.15, -0.1) is 225 Å². The molecule has 7 heterocycles. The number of hydrogen-bond acceptors (Lipinski definition) is 11. The standard InChI is InChI=1S/C19H18N.C19H16N.C18H14N.C18H10O.C17H12N.C12H10N.C11H8N.2C5H8O2.5Ir/c1-12-8-13(2)10-16(9-12)18-11-15(4)19-14(3)6-5-7-17(19)20-18;1-14-10-15(2)12-18(11-14)19-9-8-17(13-20-19)16-6-4-3-5-7-16;1-14-7-9-15(10-8-14)17-11-12-19-18(13-17)16-5-3-2-4-6-16;1-2-6-13(7-3-1)14-10-11-18-16(12-14)15-8-4-5-9-17(15)19-18;1-3-7-14(8-4-1)16-11-12-18-17(13-16)15-9-5-2-6-10-15;1-10-7-8-12(13-9-10)11-5-3-2-4-6-11;1-2-6-10(7-3-1)11-8-4-5-9-12-11;2*1-4(6)3-5(2)7;;;;;/h5-9,11H,1-4H3;3-11,13H,1-2H3;2-5,7-13H,1H3;1-6,8-9,11-12H;1-9,11-13H;2-5,7-9H,1H3;1-6,8-9H;2*3,6H,1-2H3;;;;;/q3*-1;-2;3*-1;;;;;;;+3. The van der Waals surface area contributed by atoms with Crippen LogP contribution in [0.25, 0.3) is 145 Å². The first-order chi connectivity index (χ1) is 65.5. The van der Waals surface area contributed by atoms with Crippen molar-refractivity contribution in [1.29, 1.82) is 0 Å². The molecule has 0 bridgehead atoms. The van der Waals surface area contributed by atoms with E-state index in [0.717, 1.165) is 123 Å². The second kappa shape index (κ2) is 59.0. The van der Waals surface area contributed by atoms with Gasteiger partial charge in [0.2, 0.25) is 0 Å². The Kier molecular flexibility index (Phi) is 47.9. The SMILES string of the molecule is CC(=O)C=C(C)O.CC(=O)C=C(C)O.Cc1[c-]c(-c2cc(C)c3c(C)cccc3n2)cc(C)c1.Cc1[c-]c(-c2ccc(-c3ccccc3)cn2)cc(C)c1.Cc1ccc(-c2[c-]cccc2)nc1.Cc1ccc(-c2ccnc(-c3[c-]cccc3)c2)cc1.[Ir+3].[Ir].[Ir].[Ir].[Ir].[c-]1ccccc1-c1[c-]cc2oc3ccccc3c2c1.[c-]1ccccc1-c1cc(-c2ccccc2)ccn1.[c-]1ccccc1-c1ccccn1. The van der Waals surface area contributed by atoms with E-state index in [2.05, 4.69) is 261 Å². The van der Waals surface area contributed by atoms with E-state index in [1.54, 1.807) is 6.20 Å². The Hall–Kier alpha value is -13.5. The monoisotopic (exact) mass is 2720 g/mol. The molecule has 11 nitrogen and oxygen atoms in total. The fourth-order valence-electron chi connectivity index (χ4n) is 14.5. The number of allylic oxidation sites excluding steroid dienone is 4. The van der Waals surface area contributed by atoms with Gasteiger partial charge in [-0.2, -0.15) is 36.4 Å². The number of carbonyl (C=O) groups excluding carboxylic acids is 2. The topological polar surface area (TPSA) is 165 Å². The maximum Gasteiger partial charge on any atom is 3.00 e. The number of pyridine rings is 6. The molecule has 0 saturated carbocycles. The average molecular weight is 2720 g/mol. The molecular formula is C124H104Ir5N6O5-5. The van der Waals surface area contributed by atoms with E-state index in [1.807, 2.05) is 250 Å². The number of carbonyl (C=O) groups is 2. The first kappa shape index (κ1) is 113. The molecule has 13 aromatic carbocycles. The summed E-state index contributed by atoms with van der Waals surface area (Å²) in [6, 6.07) is 146. The molecule has 0 aliphatic heterocycles. The smallest absolute Gasteiger partial charge is 0.512 e. The third-order valence-electron chi connectivity index (χ3n) is 20.6. The van der Waals surface area contributed by atoms with Crippen LogP contribution < -0.4 is 0 Å². The van der Waals surface area contributed by atoms with Crippen LogP contribution >= 0.6 is 0 Å². The van der Waals surface area contributed by atoms with E-state index >= 15 is 0 Å². The third kappa shape index (κ3) is 35.7. The fraction of sp³-hybridized carbons (Fsp3) is 0.0968. The second-order valence-electron chi connectivity index (χ2n) is 32.0. The number of aromatic nitrogens is 6. The van der Waals surface area contributed by atoms with Crippen molar-refractivity contribution < 1.29 is 125 Å². The third-order valence-corrected chi connectivity index (χ3v) is 20.6. The summed E-state index contributed by atoms with van der Waals surface area (Å²) in [6.45, 7) is 22.5. The number of aliphatic hydroxyl groups excluding tert-OH is 2. The van der Waals surface area contributed by atoms with Gasteiger partial charge in [0, 0.05) is 140 Å². The van der Waals surface area contributed by atoms with Crippen molar-refractivity contribution in [2.75, 3.05) is 0 Å². The van der Waals surface area contributed by atoms with Gasteiger partial charge in [-0.3, -0.25) is 14.6 Å². The predicted octanol–water partition coefficient (Wildman–Crippen LogP) is 30.8. The van der Waals surface area contributed by atoms with Crippen LogP contribution in [0.4, 0.5) is 0 Å². The first-order valence-electron chi connectivity index (χ1n) is 44.3. The number of aliphatic hydroxyl groups is 2. The van der Waals surface area contributed by atoms with Gasteiger partial charge in [-0.25, -0.2) is 11.1 Å². The number of ketones is 2. The molecular weight excluding hydrogens is 2610 g/mol. The van der Waals surface area contributed by atoms with E-state index in [-0.39, 0.29) is 124 Å². The predicted molar refractivity (Wildman–Crippen MR) is 554 cm³/mol. The van der Waals surface area contributed by atoms with E-state index in [0.29, 0.717) is 0 Å². The number of rotatable bonds is 12. The van der Waals surface area contributed by atoms with Crippen molar-refractivity contribution >= 4 is 44.4 Å². The number of nitrogens with zero attached hydrogens (tertiary/aromatic N) is 6. The van der Waals surface area contributed by atoms with Gasteiger partial charge in [0.1, 0.15) is 5.58 Å². The molecule has 0 amide bonds. The minimum absolute atomic E-state index is 0. The van der Waals surface area contributed by atoms with Crippen molar-refractivity contribution in [3.8, 4) is 112 Å². The average Bonchev–Trinajstić information content (AvgIpc) is 1.57. The second-order valence-corrected chi connectivity index (χ2v) is 32.0. The summed E-state index contributed by atoms with van der Waals surface area (Å²) in [6.07, 6.45) is 11.6. The van der Waals surface area contributed by atoms with Crippen molar-refractivity contribution in [1.82, 2.24) is 29.9 Å². The molecule has 0 fully saturated rings. The van der Waals surface area contributed by atoms with Crippen molar-refractivity contribution in [3.63, 3.8) is 0 Å². The quantitative estimate of drug-likeness (QED) is 0.0679. The van der Waals surface area contributed by atoms with Gasteiger partial charge in [0.25, 0.3) is 0 Å². The number of fused-ring (bicyclic) bond motifs is 4. The summed E-state index contributed by atoms with van der Waals surface area (Å²) >= 11 is 0. The molecule has 0 unspecified atom stereocenters. The molecule has 4 radical (unpaired) electrons. The minimum atomic E-state index is -0.125. The van der Waals surface area contributed by atoms with Crippen LogP contribution in [-0.2, 0) is 110 Å². The zero-order chi connectivity index (χ0) is 95.2. The molecule has 2 N–H and O–H groups in total. The fourth-order valence-corrected chi connectivity index (χ4v) is 14.5. The Morgan fingerprint density at radius 3 is 1.16 bits per heavy atom. The zero-order valence-electron chi connectivity index (χ0n) is 79.6. The van der Waals surface area contributed by atoms with Crippen LogP contribution in [0.2, 0.25) is 0 Å². The number of hydrogen-bond donors (Lipinski definition) is 2. The van der Waals surface area contributed by atoms with Crippen LogP contribution in [0.15, 0.2) is 417 Å². The Bertz CT molecular complexity index is 7090. The van der Waals surface area contributed by atoms with Crippen LogP contribution in [-0.4, -0.2) is 51.7 Å². The normalized spacial score (nSPS) is 10.2. The molecule has 7 aromatic heterocycles. The Morgan fingerprint density at radius 2 is 0.714 bits per heavy atom. The summed E-state index contributed by atoms with van der Waals surface area (Å²) in [5.74, 6) is -0.125. The summed E-state index contributed by atoms with van der Waals surface area (Å²) < 4.78 is 5.80. The number of furan rings is 1. The molecule has 0 saturated heterocycles. The summed E-state index contributed by atoms with van der Waals surface area (Å²) in [5.41, 5.74) is 34.0. The largest absolute Gasteiger partial charge is 3.00 e. The van der Waals surface area contributed by atoms with E-state index in [9.17, 15) is 9.59 Å². The van der Waals surface area contributed by atoms with Gasteiger partial charge in [-0.05, 0) is 170 Å². The van der Waals surface area contributed by atoms with Gasteiger partial charge < -0.3 is 39.6 Å². The summed E-state index contributed by atoms with van der Waals surface area (Å²) in [7, 11) is 0. The number of benzene rings is 13.